The van der Waals surface area contributed by atoms with Gasteiger partial charge in [-0.1, -0.05) is 17.7 Å². The van der Waals surface area contributed by atoms with E-state index in [4.69, 9.17) is 20.8 Å². The van der Waals surface area contributed by atoms with Crippen molar-refractivity contribution < 1.29 is 27.1 Å². The van der Waals surface area contributed by atoms with Crippen LogP contribution in [0.3, 0.4) is 0 Å². The number of fused-ring (bicyclic) bond motifs is 1. The van der Waals surface area contributed by atoms with Gasteiger partial charge in [0.05, 0.1) is 0 Å². The Morgan fingerprint density at radius 2 is 2.11 bits per heavy atom. The number of rotatable bonds is 5. The Labute approximate surface area is 157 Å². The van der Waals surface area contributed by atoms with E-state index in [1.54, 1.807) is 25.1 Å². The number of alkyl halides is 3. The van der Waals surface area contributed by atoms with Crippen LogP contribution >= 0.6 is 11.6 Å². The van der Waals surface area contributed by atoms with E-state index in [0.717, 1.165) is 0 Å². The van der Waals surface area contributed by atoms with Crippen molar-refractivity contribution in [1.29, 1.82) is 0 Å². The Hall–Kier alpha value is -2.74. The van der Waals surface area contributed by atoms with Crippen molar-refractivity contribution in [3.63, 3.8) is 0 Å². The first-order chi connectivity index (χ1) is 12.7. The van der Waals surface area contributed by atoms with Gasteiger partial charge in [0.1, 0.15) is 5.58 Å². The molecule has 27 heavy (non-hydrogen) atoms. The van der Waals surface area contributed by atoms with E-state index in [1.165, 1.54) is 18.3 Å². The molecule has 0 aliphatic rings. The van der Waals surface area contributed by atoms with Gasteiger partial charge in [0.25, 0.3) is 5.91 Å². The minimum atomic E-state index is -4.48. The van der Waals surface area contributed by atoms with E-state index in [9.17, 15) is 18.0 Å². The van der Waals surface area contributed by atoms with Crippen LogP contribution in [0.2, 0.25) is 5.02 Å². The minimum absolute atomic E-state index is 0.0723. The van der Waals surface area contributed by atoms with Gasteiger partial charge in [-0.25, -0.2) is 4.98 Å². The molecule has 0 spiro atoms. The number of pyridine rings is 1. The van der Waals surface area contributed by atoms with Crippen LogP contribution in [0, 0.1) is 6.92 Å². The Balaban J connectivity index is 1.74. The summed E-state index contributed by atoms with van der Waals surface area (Å²) < 4.78 is 47.3. The first-order valence-electron chi connectivity index (χ1n) is 7.85. The number of carbonyl (C=O) groups is 1. The lowest BCUT2D eigenvalue weighted by molar-refractivity contribution is -0.154. The maximum Gasteiger partial charge on any atom is 0.422 e. The Morgan fingerprint density at radius 3 is 2.85 bits per heavy atom. The lowest BCUT2D eigenvalue weighted by atomic mass is 10.1. The molecule has 9 heteroatoms. The summed E-state index contributed by atoms with van der Waals surface area (Å²) in [6.45, 7) is 0.185. The number of benzene rings is 1. The molecule has 3 aromatic rings. The smallest absolute Gasteiger partial charge is 0.422 e. The quantitative estimate of drug-likeness (QED) is 0.679. The summed E-state index contributed by atoms with van der Waals surface area (Å²) in [5, 5.41) is 3.83. The standard InChI is InChI=1S/C18H14ClF3N2O3/c1-10-13-7-12(19)4-5-14(13)27-15(10)16(25)24-8-11-3-2-6-23-17(11)26-9-18(20,21)22/h2-7H,8-9H2,1H3,(H,24,25). The highest BCUT2D eigenvalue weighted by Gasteiger charge is 2.29. The number of halogens is 4. The van der Waals surface area contributed by atoms with E-state index in [0.29, 0.717) is 27.1 Å². The number of furan rings is 1. The van der Waals surface area contributed by atoms with Crippen molar-refractivity contribution in [2.24, 2.45) is 0 Å². The fourth-order valence-electron chi connectivity index (χ4n) is 2.50. The number of nitrogens with zero attached hydrogens (tertiary/aromatic N) is 1. The van der Waals surface area contributed by atoms with Crippen molar-refractivity contribution in [3.05, 3.63) is 58.4 Å². The van der Waals surface area contributed by atoms with Crippen molar-refractivity contribution >= 4 is 28.5 Å². The van der Waals surface area contributed by atoms with E-state index < -0.39 is 18.7 Å². The monoisotopic (exact) mass is 398 g/mol. The van der Waals surface area contributed by atoms with Gasteiger partial charge >= 0.3 is 6.18 Å². The predicted octanol–water partition coefficient (Wildman–Crippen LogP) is 4.66. The van der Waals surface area contributed by atoms with Gasteiger partial charge in [0.2, 0.25) is 5.88 Å². The SMILES string of the molecule is Cc1c(C(=O)NCc2cccnc2OCC(F)(F)F)oc2ccc(Cl)cc12. The number of amides is 1. The van der Waals surface area contributed by atoms with Crippen molar-refractivity contribution in [2.75, 3.05) is 6.61 Å². The maximum atomic E-state index is 12.4. The van der Waals surface area contributed by atoms with Crippen LogP contribution in [0.15, 0.2) is 40.9 Å². The zero-order chi connectivity index (χ0) is 19.6. The molecule has 0 unspecified atom stereocenters. The molecule has 0 radical (unpaired) electrons. The molecule has 5 nitrogen and oxygen atoms in total. The Bertz CT molecular complexity index is 986. The summed E-state index contributed by atoms with van der Waals surface area (Å²) >= 11 is 5.96. The molecule has 0 bridgehead atoms. The van der Waals surface area contributed by atoms with Gasteiger partial charge in [-0.15, -0.1) is 0 Å². The highest BCUT2D eigenvalue weighted by atomic mass is 35.5. The first kappa shape index (κ1) is 19.0. The minimum Gasteiger partial charge on any atom is -0.468 e. The molecule has 2 aromatic heterocycles. The molecule has 0 saturated carbocycles. The van der Waals surface area contributed by atoms with Gasteiger partial charge in [-0.2, -0.15) is 13.2 Å². The molecule has 3 rings (SSSR count). The number of ether oxygens (including phenoxy) is 1. The second-order valence-corrected chi connectivity index (χ2v) is 6.19. The van der Waals surface area contributed by atoms with Crippen LogP contribution in [0.1, 0.15) is 21.7 Å². The zero-order valence-corrected chi connectivity index (χ0v) is 14.8. The Morgan fingerprint density at radius 1 is 1.33 bits per heavy atom. The molecular formula is C18H14ClF3N2O3. The highest BCUT2D eigenvalue weighted by molar-refractivity contribution is 6.31. The van der Waals surface area contributed by atoms with Crippen molar-refractivity contribution in [3.8, 4) is 5.88 Å². The molecule has 0 aliphatic carbocycles. The topological polar surface area (TPSA) is 64.4 Å². The molecule has 0 aliphatic heterocycles. The first-order valence-corrected chi connectivity index (χ1v) is 8.22. The predicted molar refractivity (Wildman–Crippen MR) is 92.9 cm³/mol. The molecule has 0 fully saturated rings. The third-order valence-electron chi connectivity index (χ3n) is 3.77. The average Bonchev–Trinajstić information content (AvgIpc) is 2.94. The van der Waals surface area contributed by atoms with E-state index >= 15 is 0 Å². The summed E-state index contributed by atoms with van der Waals surface area (Å²) in [6, 6.07) is 8.05. The number of aryl methyl sites for hydroxylation is 1. The van der Waals surface area contributed by atoms with Crippen LogP contribution in [0.5, 0.6) is 5.88 Å². The normalized spacial score (nSPS) is 11.6. The molecule has 142 valence electrons. The van der Waals surface area contributed by atoms with Crippen LogP contribution < -0.4 is 10.1 Å². The number of aromatic nitrogens is 1. The van der Waals surface area contributed by atoms with Crippen molar-refractivity contribution in [1.82, 2.24) is 10.3 Å². The second kappa shape index (κ2) is 7.48. The van der Waals surface area contributed by atoms with Crippen LogP contribution in [-0.2, 0) is 6.54 Å². The molecule has 0 atom stereocenters. The maximum absolute atomic E-state index is 12.4. The highest BCUT2D eigenvalue weighted by Crippen LogP contribution is 2.28. The van der Waals surface area contributed by atoms with Gasteiger partial charge < -0.3 is 14.5 Å². The molecule has 1 amide bonds. The molecular weight excluding hydrogens is 385 g/mol. The zero-order valence-electron chi connectivity index (χ0n) is 14.1. The van der Waals surface area contributed by atoms with Crippen LogP contribution in [-0.4, -0.2) is 23.7 Å². The number of hydrogen-bond acceptors (Lipinski definition) is 4. The summed E-state index contributed by atoms with van der Waals surface area (Å²) in [4.78, 5) is 16.2. The van der Waals surface area contributed by atoms with Crippen LogP contribution in [0.25, 0.3) is 11.0 Å². The number of hydrogen-bond donors (Lipinski definition) is 1. The third-order valence-corrected chi connectivity index (χ3v) is 4.00. The summed E-state index contributed by atoms with van der Waals surface area (Å²) in [6.07, 6.45) is -3.17. The molecule has 1 N–H and O–H groups in total. The van der Waals surface area contributed by atoms with E-state index in [-0.39, 0.29) is 18.2 Å². The van der Waals surface area contributed by atoms with Crippen LogP contribution in [0.4, 0.5) is 13.2 Å². The van der Waals surface area contributed by atoms with Crippen molar-refractivity contribution in [2.45, 2.75) is 19.6 Å². The second-order valence-electron chi connectivity index (χ2n) is 5.75. The Kier molecular flexibility index (Phi) is 5.27. The largest absolute Gasteiger partial charge is 0.468 e. The fraction of sp³-hybridized carbons (Fsp3) is 0.222. The summed E-state index contributed by atoms with van der Waals surface area (Å²) in [7, 11) is 0. The third kappa shape index (κ3) is 4.51. The lowest BCUT2D eigenvalue weighted by Gasteiger charge is -2.12. The van der Waals surface area contributed by atoms with E-state index in [2.05, 4.69) is 10.3 Å². The number of carbonyl (C=O) groups excluding carboxylic acids is 1. The average molecular weight is 399 g/mol. The van der Waals surface area contributed by atoms with Gasteiger partial charge in [-0.3, -0.25) is 4.79 Å². The van der Waals surface area contributed by atoms with Gasteiger partial charge in [0.15, 0.2) is 12.4 Å². The summed E-state index contributed by atoms with van der Waals surface area (Å²) in [5.74, 6) is -0.595. The fourth-order valence-corrected chi connectivity index (χ4v) is 2.68. The van der Waals surface area contributed by atoms with Gasteiger partial charge in [0, 0.05) is 34.3 Å². The lowest BCUT2D eigenvalue weighted by Crippen LogP contribution is -2.24. The molecule has 2 heterocycles. The van der Waals surface area contributed by atoms with E-state index in [1.807, 2.05) is 0 Å². The molecule has 0 saturated heterocycles. The van der Waals surface area contributed by atoms with Gasteiger partial charge in [-0.05, 0) is 31.2 Å². The summed E-state index contributed by atoms with van der Waals surface area (Å²) in [5.41, 5.74) is 1.44. The number of nitrogens with one attached hydrogen (secondary N) is 1. The molecule has 1 aromatic carbocycles.